The zero-order valence-electron chi connectivity index (χ0n) is 19.3. The number of aryl methyl sites for hydroxylation is 1. The van der Waals surface area contributed by atoms with Crippen LogP contribution in [0.15, 0.2) is 67.0 Å². The zero-order chi connectivity index (χ0) is 23.3. The molecule has 0 spiro atoms. The third kappa shape index (κ3) is 4.74. The van der Waals surface area contributed by atoms with E-state index < -0.39 is 0 Å². The second kappa shape index (κ2) is 9.96. The van der Waals surface area contributed by atoms with Crippen molar-refractivity contribution in [2.75, 3.05) is 13.1 Å². The van der Waals surface area contributed by atoms with Crippen LogP contribution in [0.1, 0.15) is 31.2 Å². The SMILES string of the molecule is [C-]#[N+]c1[nH]ncc1-c1ccc2c(ccn2CC2CCN(C(=O)CCCc3ccccc3)CC2)c1. The standard InChI is InChI=1S/C28H29N5O/c1-29-28-25(19-30-31-28)23-10-11-26-24(18-23)14-17-33(26)20-22-12-15-32(16-13-22)27(34)9-5-8-21-6-3-2-4-7-21/h2-4,6-7,10-11,14,17-19,22H,5,8-9,12-13,15-16,20H2,(H,30,31). The third-order valence-electron chi connectivity index (χ3n) is 6.93. The summed E-state index contributed by atoms with van der Waals surface area (Å²) in [6.45, 7) is 9.98. The highest BCUT2D eigenvalue weighted by Gasteiger charge is 2.23. The molecular formula is C28H29N5O. The van der Waals surface area contributed by atoms with Gasteiger partial charge in [0.25, 0.3) is 5.82 Å². The van der Waals surface area contributed by atoms with E-state index in [0.717, 1.165) is 56.4 Å². The Hall–Kier alpha value is -3.85. The van der Waals surface area contributed by atoms with E-state index in [1.54, 1.807) is 6.20 Å². The number of benzene rings is 2. The largest absolute Gasteiger partial charge is 0.362 e. The minimum Gasteiger partial charge on any atom is -0.362 e. The normalized spacial score (nSPS) is 14.4. The van der Waals surface area contributed by atoms with Crippen molar-refractivity contribution in [3.05, 3.63) is 84.0 Å². The second-order valence-corrected chi connectivity index (χ2v) is 9.15. The molecule has 1 N–H and O–H groups in total. The Morgan fingerprint density at radius 1 is 1.12 bits per heavy atom. The average molecular weight is 452 g/mol. The molecule has 34 heavy (non-hydrogen) atoms. The van der Waals surface area contributed by atoms with E-state index >= 15 is 0 Å². The van der Waals surface area contributed by atoms with E-state index in [2.05, 4.69) is 79.2 Å². The summed E-state index contributed by atoms with van der Waals surface area (Å²) in [5.41, 5.74) is 4.35. The molecule has 0 unspecified atom stereocenters. The van der Waals surface area contributed by atoms with Crippen LogP contribution in [0.3, 0.4) is 0 Å². The molecule has 1 aliphatic heterocycles. The van der Waals surface area contributed by atoms with Crippen LogP contribution in [-0.2, 0) is 17.8 Å². The summed E-state index contributed by atoms with van der Waals surface area (Å²) in [5.74, 6) is 1.35. The maximum Gasteiger partial charge on any atom is 0.257 e. The quantitative estimate of drug-likeness (QED) is 0.359. The highest BCUT2D eigenvalue weighted by atomic mass is 16.2. The van der Waals surface area contributed by atoms with Gasteiger partial charge in [0, 0.05) is 48.7 Å². The maximum atomic E-state index is 12.7. The molecule has 1 aliphatic rings. The lowest BCUT2D eigenvalue weighted by Crippen LogP contribution is -2.39. The van der Waals surface area contributed by atoms with Gasteiger partial charge in [0.05, 0.1) is 6.20 Å². The van der Waals surface area contributed by atoms with Crippen LogP contribution in [0.4, 0.5) is 5.82 Å². The minimum atomic E-state index is 0.298. The Morgan fingerprint density at radius 2 is 1.94 bits per heavy atom. The molecule has 0 aliphatic carbocycles. The molecule has 172 valence electrons. The van der Waals surface area contributed by atoms with Crippen molar-refractivity contribution < 1.29 is 4.79 Å². The van der Waals surface area contributed by atoms with Gasteiger partial charge in [-0.25, -0.2) is 5.10 Å². The maximum absolute atomic E-state index is 12.7. The fourth-order valence-electron chi connectivity index (χ4n) is 4.99. The van der Waals surface area contributed by atoms with Gasteiger partial charge in [-0.05, 0) is 60.9 Å². The first kappa shape index (κ1) is 22.0. The number of nitrogens with zero attached hydrogens (tertiary/aromatic N) is 4. The van der Waals surface area contributed by atoms with Gasteiger partial charge in [-0.15, -0.1) is 5.10 Å². The van der Waals surface area contributed by atoms with Gasteiger partial charge in [0.15, 0.2) is 0 Å². The lowest BCUT2D eigenvalue weighted by molar-refractivity contribution is -0.132. The van der Waals surface area contributed by atoms with E-state index in [1.165, 1.54) is 16.5 Å². The second-order valence-electron chi connectivity index (χ2n) is 9.15. The molecule has 1 fully saturated rings. The number of hydrogen-bond acceptors (Lipinski definition) is 2. The number of likely N-dealkylation sites (tertiary alicyclic amines) is 1. The number of hydrogen-bond donors (Lipinski definition) is 1. The van der Waals surface area contributed by atoms with Crippen molar-refractivity contribution >= 4 is 22.6 Å². The van der Waals surface area contributed by atoms with Crippen LogP contribution in [-0.4, -0.2) is 38.7 Å². The summed E-state index contributed by atoms with van der Waals surface area (Å²) in [5, 5.41) is 7.93. The van der Waals surface area contributed by atoms with Crippen molar-refractivity contribution in [2.45, 2.75) is 38.6 Å². The molecule has 3 heterocycles. The summed E-state index contributed by atoms with van der Waals surface area (Å²) < 4.78 is 2.33. The monoisotopic (exact) mass is 451 g/mol. The molecule has 4 aromatic rings. The smallest absolute Gasteiger partial charge is 0.257 e. The van der Waals surface area contributed by atoms with Crippen molar-refractivity contribution in [1.29, 1.82) is 0 Å². The zero-order valence-corrected chi connectivity index (χ0v) is 19.3. The summed E-state index contributed by atoms with van der Waals surface area (Å²) in [7, 11) is 0. The number of aromatic nitrogens is 3. The molecule has 0 atom stereocenters. The molecule has 6 heteroatoms. The van der Waals surface area contributed by atoms with Crippen molar-refractivity contribution in [3.63, 3.8) is 0 Å². The van der Waals surface area contributed by atoms with Gasteiger partial charge < -0.3 is 14.3 Å². The van der Waals surface area contributed by atoms with Crippen molar-refractivity contribution in [2.24, 2.45) is 5.92 Å². The predicted molar refractivity (Wildman–Crippen MR) is 134 cm³/mol. The molecule has 6 nitrogen and oxygen atoms in total. The Kier molecular flexibility index (Phi) is 6.44. The number of amides is 1. The number of aromatic amines is 1. The van der Waals surface area contributed by atoms with Gasteiger partial charge in [0.2, 0.25) is 5.91 Å². The Labute approximate surface area is 200 Å². The van der Waals surface area contributed by atoms with Gasteiger partial charge in [-0.3, -0.25) is 4.79 Å². The van der Waals surface area contributed by atoms with E-state index in [0.29, 0.717) is 24.1 Å². The van der Waals surface area contributed by atoms with Crippen LogP contribution >= 0.6 is 0 Å². The van der Waals surface area contributed by atoms with Crippen LogP contribution in [0.5, 0.6) is 0 Å². The third-order valence-corrected chi connectivity index (χ3v) is 6.93. The molecule has 0 saturated carbocycles. The minimum absolute atomic E-state index is 0.298. The molecule has 5 rings (SSSR count). The van der Waals surface area contributed by atoms with Crippen LogP contribution in [0.2, 0.25) is 0 Å². The number of fused-ring (bicyclic) bond motifs is 1. The molecule has 0 bridgehead atoms. The number of piperidine rings is 1. The van der Waals surface area contributed by atoms with Crippen LogP contribution in [0.25, 0.3) is 26.9 Å². The molecule has 2 aromatic carbocycles. The Bertz CT molecular complexity index is 1310. The number of carbonyl (C=O) groups is 1. The van der Waals surface area contributed by atoms with Gasteiger partial charge in [-0.1, -0.05) is 43.0 Å². The van der Waals surface area contributed by atoms with Gasteiger partial charge in [0.1, 0.15) is 0 Å². The highest BCUT2D eigenvalue weighted by molar-refractivity contribution is 5.88. The van der Waals surface area contributed by atoms with E-state index in [9.17, 15) is 4.79 Å². The van der Waals surface area contributed by atoms with E-state index in [-0.39, 0.29) is 0 Å². The average Bonchev–Trinajstić information content (AvgIpc) is 3.52. The van der Waals surface area contributed by atoms with E-state index in [1.807, 2.05) is 6.07 Å². The molecule has 1 saturated heterocycles. The summed E-state index contributed by atoms with van der Waals surface area (Å²) >= 11 is 0. The molecular weight excluding hydrogens is 422 g/mol. The lowest BCUT2D eigenvalue weighted by Gasteiger charge is -2.32. The number of nitrogens with one attached hydrogen (secondary N) is 1. The van der Waals surface area contributed by atoms with Crippen LogP contribution in [0, 0.1) is 12.5 Å². The Balaban J connectivity index is 1.14. The molecule has 2 aromatic heterocycles. The molecule has 0 radical (unpaired) electrons. The first-order valence-electron chi connectivity index (χ1n) is 12.0. The van der Waals surface area contributed by atoms with Crippen molar-refractivity contribution in [3.8, 4) is 11.1 Å². The summed E-state index contributed by atoms with van der Waals surface area (Å²) in [6.07, 6.45) is 8.47. The number of rotatable bonds is 7. The first-order chi connectivity index (χ1) is 16.7. The topological polar surface area (TPSA) is 58.3 Å². The summed E-state index contributed by atoms with van der Waals surface area (Å²) in [6, 6.07) is 18.9. The highest BCUT2D eigenvalue weighted by Crippen LogP contribution is 2.31. The fraction of sp³-hybridized carbons (Fsp3) is 0.321. The van der Waals surface area contributed by atoms with E-state index in [4.69, 9.17) is 6.57 Å². The number of carbonyl (C=O) groups excluding carboxylic acids is 1. The molecule has 1 amide bonds. The lowest BCUT2D eigenvalue weighted by atomic mass is 9.96. The van der Waals surface area contributed by atoms with Crippen molar-refractivity contribution in [1.82, 2.24) is 19.7 Å². The fourth-order valence-corrected chi connectivity index (χ4v) is 4.99. The van der Waals surface area contributed by atoms with Gasteiger partial charge in [-0.2, -0.15) is 0 Å². The van der Waals surface area contributed by atoms with Crippen LogP contribution < -0.4 is 0 Å². The summed E-state index contributed by atoms with van der Waals surface area (Å²) in [4.78, 5) is 18.2. The van der Waals surface area contributed by atoms with Gasteiger partial charge >= 0.3 is 0 Å². The Morgan fingerprint density at radius 3 is 2.74 bits per heavy atom. The first-order valence-corrected chi connectivity index (χ1v) is 12.0. The predicted octanol–water partition coefficient (Wildman–Crippen LogP) is 5.84. The number of H-pyrrole nitrogens is 1.